The summed E-state index contributed by atoms with van der Waals surface area (Å²) in [6, 6.07) is 73.4. The van der Waals surface area contributed by atoms with Crippen LogP contribution in [0.15, 0.2) is 221 Å². The first-order valence-corrected chi connectivity index (χ1v) is 21.1. The quantitative estimate of drug-likeness (QED) is 0.189. The minimum absolute atomic E-state index is 0.544. The number of fused-ring (bicyclic) bond motifs is 10. The van der Waals surface area contributed by atoms with Crippen LogP contribution in [0.2, 0.25) is 0 Å². The molecule has 1 aliphatic heterocycles. The number of nitrogens with one attached hydrogen (secondary N) is 1. The molecule has 0 radical (unpaired) electrons. The summed E-state index contributed by atoms with van der Waals surface area (Å²) in [6.07, 6.45) is -0.544. The lowest BCUT2D eigenvalue weighted by Crippen LogP contribution is -2.34. The van der Waals surface area contributed by atoms with Crippen molar-refractivity contribution >= 4 is 87.7 Å². The van der Waals surface area contributed by atoms with Crippen LogP contribution in [-0.4, -0.2) is 16.2 Å². The van der Waals surface area contributed by atoms with Crippen LogP contribution in [0.25, 0.3) is 92.9 Å². The topological polar surface area (TPSA) is 54.8 Å². The molecule has 0 fully saturated rings. The van der Waals surface area contributed by atoms with E-state index in [1.165, 1.54) is 26.9 Å². The highest BCUT2D eigenvalue weighted by Crippen LogP contribution is 2.42. The number of aliphatic imine (C=N–C) groups is 2. The number of nitrogens with zero attached hydrogens (tertiary/aromatic N) is 3. The van der Waals surface area contributed by atoms with Gasteiger partial charge in [0, 0.05) is 38.2 Å². The summed E-state index contributed by atoms with van der Waals surface area (Å²) in [7, 11) is 0. The molecule has 0 saturated heterocycles. The molecule has 2 aromatic heterocycles. The van der Waals surface area contributed by atoms with Gasteiger partial charge in [0.15, 0.2) is 5.84 Å². The number of furan rings is 1. The SMILES string of the molecule is c1ccc(-c2cccc(C3=NC(c4cc5oc6ccc7ccccc7c6c5cc4-n4c5ccccc5c5cc6ccccc6cc54)NC(c4cccc5ccccc45)=N3)c2)cc1. The van der Waals surface area contributed by atoms with Gasteiger partial charge in [-0.2, -0.15) is 0 Å². The van der Waals surface area contributed by atoms with E-state index in [0.717, 1.165) is 88.5 Å². The lowest BCUT2D eigenvalue weighted by molar-refractivity contribution is 0.653. The van der Waals surface area contributed by atoms with Crippen molar-refractivity contribution in [3.63, 3.8) is 0 Å². The fourth-order valence-electron chi connectivity index (χ4n) is 9.70. The van der Waals surface area contributed by atoms with Gasteiger partial charge in [-0.1, -0.05) is 164 Å². The van der Waals surface area contributed by atoms with E-state index in [1.54, 1.807) is 0 Å². The lowest BCUT2D eigenvalue weighted by Gasteiger charge is -2.26. The van der Waals surface area contributed by atoms with Gasteiger partial charge >= 0.3 is 0 Å². The van der Waals surface area contributed by atoms with E-state index in [-0.39, 0.29) is 0 Å². The van der Waals surface area contributed by atoms with Crippen LogP contribution in [0.5, 0.6) is 0 Å². The second-order valence-corrected chi connectivity index (χ2v) is 16.2. The Hall–Kier alpha value is -8.28. The van der Waals surface area contributed by atoms with Gasteiger partial charge in [-0.25, -0.2) is 9.98 Å². The molecule has 0 spiro atoms. The van der Waals surface area contributed by atoms with Gasteiger partial charge in [0.1, 0.15) is 23.2 Å². The molecule has 1 N–H and O–H groups in total. The number of rotatable bonds is 5. The molecule has 1 unspecified atom stereocenters. The van der Waals surface area contributed by atoms with Crippen molar-refractivity contribution in [3.05, 3.63) is 223 Å². The molecule has 290 valence electrons. The van der Waals surface area contributed by atoms with E-state index in [0.29, 0.717) is 5.84 Å². The first-order valence-electron chi connectivity index (χ1n) is 21.1. The molecule has 13 rings (SSSR count). The molecule has 5 nitrogen and oxygen atoms in total. The Morgan fingerprint density at radius 3 is 1.95 bits per heavy atom. The number of para-hydroxylation sites is 1. The molecule has 62 heavy (non-hydrogen) atoms. The summed E-state index contributed by atoms with van der Waals surface area (Å²) in [5.41, 5.74) is 10.1. The first-order chi connectivity index (χ1) is 30.7. The van der Waals surface area contributed by atoms with Crippen LogP contribution in [0.3, 0.4) is 0 Å². The van der Waals surface area contributed by atoms with Gasteiger partial charge in [0.05, 0.1) is 16.7 Å². The number of benzene rings is 10. The third-order valence-corrected chi connectivity index (χ3v) is 12.6. The Morgan fingerprint density at radius 1 is 0.435 bits per heavy atom. The standard InChI is InChI=1S/C57H36N4O/c1-2-14-35(15-3-1)38-21-12-22-41(30-38)55-58-56(45-26-13-20-36-16-6-8-23-42(36)45)60-57(59-55)47-34-53-48(54-43-24-9-7-17-37(43)28-29-52(54)62-53)33-51(47)61-49-27-11-10-25-44(49)46-31-39-18-4-5-19-40(39)32-50(46)61/h1-34,57H,(H,58,59,60). The van der Waals surface area contributed by atoms with Gasteiger partial charge in [0.25, 0.3) is 0 Å². The third-order valence-electron chi connectivity index (χ3n) is 12.6. The molecule has 12 aromatic rings. The first kappa shape index (κ1) is 34.6. The van der Waals surface area contributed by atoms with Gasteiger partial charge < -0.3 is 14.3 Å². The molecule has 1 aliphatic rings. The Labute approximate surface area is 356 Å². The molecule has 0 amide bonds. The van der Waals surface area contributed by atoms with Crippen molar-refractivity contribution in [2.24, 2.45) is 9.98 Å². The zero-order valence-corrected chi connectivity index (χ0v) is 33.5. The van der Waals surface area contributed by atoms with E-state index < -0.39 is 6.17 Å². The molecule has 3 heterocycles. The molecular formula is C57H36N4O. The summed E-state index contributed by atoms with van der Waals surface area (Å²) in [5.74, 6) is 1.42. The maximum atomic E-state index is 6.83. The van der Waals surface area contributed by atoms with Crippen molar-refractivity contribution < 1.29 is 4.42 Å². The Kier molecular flexibility index (Phi) is 7.60. The summed E-state index contributed by atoms with van der Waals surface area (Å²) >= 11 is 0. The predicted octanol–water partition coefficient (Wildman–Crippen LogP) is 14.3. The molecule has 0 bridgehead atoms. The highest BCUT2D eigenvalue weighted by molar-refractivity contribution is 6.21. The molecule has 10 aromatic carbocycles. The highest BCUT2D eigenvalue weighted by atomic mass is 16.3. The monoisotopic (exact) mass is 792 g/mol. The van der Waals surface area contributed by atoms with E-state index in [2.05, 4.69) is 210 Å². The second-order valence-electron chi connectivity index (χ2n) is 16.2. The van der Waals surface area contributed by atoms with Crippen LogP contribution in [0.4, 0.5) is 0 Å². The van der Waals surface area contributed by atoms with Crippen LogP contribution >= 0.6 is 0 Å². The smallest absolute Gasteiger partial charge is 0.159 e. The fourth-order valence-corrected chi connectivity index (χ4v) is 9.70. The van der Waals surface area contributed by atoms with Gasteiger partial charge in [-0.15, -0.1) is 0 Å². The zero-order chi connectivity index (χ0) is 40.7. The number of hydrogen-bond donors (Lipinski definition) is 1. The molecule has 0 saturated carbocycles. The van der Waals surface area contributed by atoms with E-state index in [4.69, 9.17) is 14.4 Å². The minimum atomic E-state index is -0.544. The maximum absolute atomic E-state index is 6.83. The van der Waals surface area contributed by atoms with E-state index in [1.807, 2.05) is 6.07 Å². The second kappa shape index (κ2) is 13.6. The molecule has 0 aliphatic carbocycles. The summed E-state index contributed by atoms with van der Waals surface area (Å²) in [4.78, 5) is 10.9. The van der Waals surface area contributed by atoms with Gasteiger partial charge in [0.2, 0.25) is 0 Å². The van der Waals surface area contributed by atoms with Gasteiger partial charge in [-0.05, 0) is 85.9 Å². The Balaban J connectivity index is 1.12. The Bertz CT molecular complexity index is 3850. The predicted molar refractivity (Wildman–Crippen MR) is 258 cm³/mol. The van der Waals surface area contributed by atoms with Crippen LogP contribution in [-0.2, 0) is 0 Å². The van der Waals surface area contributed by atoms with Crippen molar-refractivity contribution in [3.8, 4) is 16.8 Å². The number of amidine groups is 2. The van der Waals surface area contributed by atoms with Crippen LogP contribution in [0, 0.1) is 0 Å². The summed E-state index contributed by atoms with van der Waals surface area (Å²) < 4.78 is 9.26. The number of aromatic nitrogens is 1. The normalized spacial score (nSPS) is 14.3. The van der Waals surface area contributed by atoms with Crippen molar-refractivity contribution in [2.75, 3.05) is 0 Å². The number of hydrogen-bond acceptors (Lipinski definition) is 4. The van der Waals surface area contributed by atoms with Crippen LogP contribution < -0.4 is 5.32 Å². The van der Waals surface area contributed by atoms with Crippen molar-refractivity contribution in [1.82, 2.24) is 9.88 Å². The van der Waals surface area contributed by atoms with Crippen molar-refractivity contribution in [1.29, 1.82) is 0 Å². The van der Waals surface area contributed by atoms with Crippen LogP contribution in [0.1, 0.15) is 22.9 Å². The average molecular weight is 793 g/mol. The summed E-state index contributed by atoms with van der Waals surface area (Å²) in [5, 5.41) is 15.4. The minimum Gasteiger partial charge on any atom is -0.456 e. The maximum Gasteiger partial charge on any atom is 0.159 e. The summed E-state index contributed by atoms with van der Waals surface area (Å²) in [6.45, 7) is 0. The van der Waals surface area contributed by atoms with E-state index >= 15 is 0 Å². The molecular weight excluding hydrogens is 757 g/mol. The Morgan fingerprint density at radius 2 is 1.10 bits per heavy atom. The average Bonchev–Trinajstić information content (AvgIpc) is 3.87. The molecule has 5 heteroatoms. The third kappa shape index (κ3) is 5.42. The largest absolute Gasteiger partial charge is 0.456 e. The van der Waals surface area contributed by atoms with Crippen molar-refractivity contribution in [2.45, 2.75) is 6.17 Å². The highest BCUT2D eigenvalue weighted by Gasteiger charge is 2.28. The molecule has 1 atom stereocenters. The lowest BCUT2D eigenvalue weighted by atomic mass is 9.99. The van der Waals surface area contributed by atoms with E-state index in [9.17, 15) is 0 Å². The van der Waals surface area contributed by atoms with Gasteiger partial charge in [-0.3, -0.25) is 0 Å². The fraction of sp³-hybridized carbons (Fsp3) is 0.0175. The zero-order valence-electron chi connectivity index (χ0n) is 33.5.